The first-order valence-electron chi connectivity index (χ1n) is 7.63. The normalized spacial score (nSPS) is 20.8. The van der Waals surface area contributed by atoms with Crippen molar-refractivity contribution in [3.63, 3.8) is 0 Å². The molecule has 0 spiro atoms. The number of carbonyl (C=O) groups excluding carboxylic acids is 2. The molecule has 2 atom stereocenters. The highest BCUT2D eigenvalue weighted by Crippen LogP contribution is 2.39. The summed E-state index contributed by atoms with van der Waals surface area (Å²) in [5.41, 5.74) is 0.188. The molecule has 0 bridgehead atoms. The van der Waals surface area contributed by atoms with E-state index in [0.717, 1.165) is 5.01 Å². The third-order valence-corrected chi connectivity index (χ3v) is 4.06. The van der Waals surface area contributed by atoms with Crippen molar-refractivity contribution in [2.45, 2.75) is 31.6 Å². The van der Waals surface area contributed by atoms with E-state index in [1.165, 1.54) is 25.3 Å². The minimum absolute atomic E-state index is 0.147. The van der Waals surface area contributed by atoms with Gasteiger partial charge in [0.2, 0.25) is 0 Å². The first-order chi connectivity index (χ1) is 11.8. The molecular weight excluding hydrogens is 337 g/mol. The third-order valence-electron chi connectivity index (χ3n) is 4.06. The van der Waals surface area contributed by atoms with E-state index >= 15 is 0 Å². The van der Waals surface area contributed by atoms with Gasteiger partial charge in [0, 0.05) is 5.56 Å². The molecule has 132 valence electrons. The van der Waals surface area contributed by atoms with Gasteiger partial charge in [-0.25, -0.2) is 10.0 Å². The molecule has 2 aromatic rings. The number of hydrogen-bond donors (Lipinski definition) is 0. The third kappa shape index (κ3) is 3.11. The summed E-state index contributed by atoms with van der Waals surface area (Å²) in [4.78, 5) is 24.8. The molecule has 25 heavy (non-hydrogen) atoms. The zero-order valence-electron chi connectivity index (χ0n) is 13.2. The number of hydrogen-bond acceptors (Lipinski definition) is 3. The van der Waals surface area contributed by atoms with Crippen molar-refractivity contribution in [2.24, 2.45) is 0 Å². The summed E-state index contributed by atoms with van der Waals surface area (Å²) >= 11 is 0. The van der Waals surface area contributed by atoms with Crippen LogP contribution < -0.4 is 0 Å². The van der Waals surface area contributed by atoms with Crippen LogP contribution in [0.5, 0.6) is 0 Å². The van der Waals surface area contributed by atoms with Gasteiger partial charge in [0.15, 0.2) is 0 Å². The second kappa shape index (κ2) is 6.27. The molecule has 0 N–H and O–H groups in total. The van der Waals surface area contributed by atoms with Gasteiger partial charge in [-0.05, 0) is 37.6 Å². The lowest BCUT2D eigenvalue weighted by Gasteiger charge is -2.33. The molecule has 1 aromatic carbocycles. The molecular formula is C17H15F3N2O3. The maximum atomic E-state index is 13.0. The average molecular weight is 352 g/mol. The first-order valence-corrected chi connectivity index (χ1v) is 7.63. The van der Waals surface area contributed by atoms with Crippen LogP contribution in [0, 0.1) is 0 Å². The second-order valence-corrected chi connectivity index (χ2v) is 5.78. The average Bonchev–Trinajstić information content (AvgIpc) is 3.21. The van der Waals surface area contributed by atoms with Crippen LogP contribution in [-0.4, -0.2) is 34.1 Å². The molecule has 0 radical (unpaired) electrons. The van der Waals surface area contributed by atoms with E-state index in [-0.39, 0.29) is 12.0 Å². The number of amides is 2. The lowest BCUT2D eigenvalue weighted by molar-refractivity contribution is -0.198. The van der Waals surface area contributed by atoms with Crippen molar-refractivity contribution >= 4 is 11.8 Å². The molecule has 0 saturated carbocycles. The number of benzene rings is 1. The van der Waals surface area contributed by atoms with Gasteiger partial charge in [-0.1, -0.05) is 18.2 Å². The van der Waals surface area contributed by atoms with E-state index < -0.39 is 30.1 Å². The standard InChI is InChI=1S/C17H15F3N2O3/c1-11-10-13(14-8-5-9-25-14)22(21(11)16(24)17(18,19)20)15(23)12-6-3-2-4-7-12/h2-9,11,13H,10H2,1H3/t11-,13-/m1/s1. The van der Waals surface area contributed by atoms with Crippen LogP contribution in [0.15, 0.2) is 53.1 Å². The fourth-order valence-corrected chi connectivity index (χ4v) is 2.98. The molecule has 1 aliphatic heterocycles. The SMILES string of the molecule is C[C@@H]1C[C@H](c2ccco2)N(C(=O)c2ccccc2)N1C(=O)C(F)(F)F. The van der Waals surface area contributed by atoms with Crippen LogP contribution in [0.4, 0.5) is 13.2 Å². The highest BCUT2D eigenvalue weighted by atomic mass is 19.4. The largest absolute Gasteiger partial charge is 0.473 e. The fourth-order valence-electron chi connectivity index (χ4n) is 2.98. The number of halogens is 3. The van der Waals surface area contributed by atoms with Crippen molar-refractivity contribution in [3.8, 4) is 0 Å². The minimum Gasteiger partial charge on any atom is -0.467 e. The Morgan fingerprint density at radius 3 is 2.32 bits per heavy atom. The molecule has 5 nitrogen and oxygen atoms in total. The molecule has 0 unspecified atom stereocenters. The molecule has 2 heterocycles. The van der Waals surface area contributed by atoms with E-state index in [1.807, 2.05) is 0 Å². The van der Waals surface area contributed by atoms with Gasteiger partial charge in [-0.2, -0.15) is 13.2 Å². The van der Waals surface area contributed by atoms with Crippen LogP contribution >= 0.6 is 0 Å². The maximum absolute atomic E-state index is 13.0. The zero-order valence-corrected chi connectivity index (χ0v) is 13.2. The molecule has 8 heteroatoms. The molecule has 1 aromatic heterocycles. The Morgan fingerprint density at radius 1 is 1.08 bits per heavy atom. The van der Waals surface area contributed by atoms with E-state index in [0.29, 0.717) is 10.8 Å². The number of alkyl halides is 3. The maximum Gasteiger partial charge on any atom is 0.473 e. The van der Waals surface area contributed by atoms with Crippen LogP contribution in [0.3, 0.4) is 0 Å². The van der Waals surface area contributed by atoms with Crippen molar-refractivity contribution in [1.29, 1.82) is 0 Å². The highest BCUT2D eigenvalue weighted by Gasteiger charge is 2.53. The molecule has 0 aliphatic carbocycles. The zero-order chi connectivity index (χ0) is 18.2. The van der Waals surface area contributed by atoms with Gasteiger partial charge in [-0.3, -0.25) is 9.59 Å². The summed E-state index contributed by atoms with van der Waals surface area (Å²) in [6, 6.07) is 9.42. The topological polar surface area (TPSA) is 53.8 Å². The van der Waals surface area contributed by atoms with E-state index in [9.17, 15) is 22.8 Å². The summed E-state index contributed by atoms with van der Waals surface area (Å²) in [5.74, 6) is -2.43. The monoisotopic (exact) mass is 352 g/mol. The molecule has 3 rings (SSSR count). The lowest BCUT2D eigenvalue weighted by Crippen LogP contribution is -2.52. The number of rotatable bonds is 2. The van der Waals surface area contributed by atoms with Crippen LogP contribution in [0.25, 0.3) is 0 Å². The lowest BCUT2D eigenvalue weighted by atomic mass is 10.1. The predicted molar refractivity (Wildman–Crippen MR) is 81.0 cm³/mol. The Kier molecular flexibility index (Phi) is 4.28. The quantitative estimate of drug-likeness (QED) is 0.830. The smallest absolute Gasteiger partial charge is 0.467 e. The number of nitrogens with zero attached hydrogens (tertiary/aromatic N) is 2. The Labute approximate surface area is 141 Å². The number of hydrazine groups is 1. The molecule has 2 amide bonds. The van der Waals surface area contributed by atoms with Crippen molar-refractivity contribution in [2.75, 3.05) is 0 Å². The van der Waals surface area contributed by atoms with Gasteiger partial charge >= 0.3 is 12.1 Å². The molecule has 1 fully saturated rings. The van der Waals surface area contributed by atoms with E-state index in [4.69, 9.17) is 4.42 Å². The summed E-state index contributed by atoms with van der Waals surface area (Å²) in [6.45, 7) is 1.47. The van der Waals surface area contributed by atoms with Crippen LogP contribution in [0.1, 0.15) is 35.5 Å². The Hall–Kier alpha value is -2.77. The summed E-state index contributed by atoms with van der Waals surface area (Å²) in [5, 5.41) is 1.34. The van der Waals surface area contributed by atoms with Crippen molar-refractivity contribution in [1.82, 2.24) is 10.0 Å². The molecule has 1 saturated heterocycles. The van der Waals surface area contributed by atoms with Gasteiger partial charge in [0.05, 0.1) is 12.3 Å². The van der Waals surface area contributed by atoms with Crippen LogP contribution in [-0.2, 0) is 4.79 Å². The van der Waals surface area contributed by atoms with Crippen molar-refractivity contribution in [3.05, 3.63) is 60.1 Å². The summed E-state index contributed by atoms with van der Waals surface area (Å²) < 4.78 is 44.4. The first kappa shape index (κ1) is 17.1. The number of furan rings is 1. The van der Waals surface area contributed by atoms with Gasteiger partial charge < -0.3 is 4.42 Å². The van der Waals surface area contributed by atoms with E-state index in [1.54, 1.807) is 30.3 Å². The van der Waals surface area contributed by atoms with Gasteiger partial charge in [-0.15, -0.1) is 0 Å². The van der Waals surface area contributed by atoms with Gasteiger partial charge in [0.25, 0.3) is 5.91 Å². The fraction of sp³-hybridized carbons (Fsp3) is 0.294. The predicted octanol–water partition coefficient (Wildman–Crippen LogP) is 3.56. The Bertz CT molecular complexity index is 759. The second-order valence-electron chi connectivity index (χ2n) is 5.78. The summed E-state index contributed by atoms with van der Waals surface area (Å²) in [7, 11) is 0. The van der Waals surface area contributed by atoms with Crippen LogP contribution in [0.2, 0.25) is 0 Å². The Morgan fingerprint density at radius 2 is 1.76 bits per heavy atom. The highest BCUT2D eigenvalue weighted by molar-refractivity contribution is 5.96. The Balaban J connectivity index is 2.04. The summed E-state index contributed by atoms with van der Waals surface area (Å²) in [6.07, 6.45) is -3.56. The van der Waals surface area contributed by atoms with Crippen molar-refractivity contribution < 1.29 is 27.2 Å². The minimum atomic E-state index is -5.08. The number of carbonyl (C=O) groups is 2. The molecule has 1 aliphatic rings. The van der Waals surface area contributed by atoms with Gasteiger partial charge in [0.1, 0.15) is 11.8 Å². The van der Waals surface area contributed by atoms with E-state index in [2.05, 4.69) is 0 Å².